The largest absolute Gasteiger partial charge is 0.395 e. The van der Waals surface area contributed by atoms with E-state index < -0.39 is 0 Å². The number of rotatable bonds is 3. The zero-order valence-electron chi connectivity index (χ0n) is 6.58. The Morgan fingerprint density at radius 3 is 2.91 bits per heavy atom. The molecule has 0 aliphatic heterocycles. The maximum Gasteiger partial charge on any atom is 0.0560 e. The Kier molecular flexibility index (Phi) is 2.47. The summed E-state index contributed by atoms with van der Waals surface area (Å²) in [4.78, 5) is 0. The quantitative estimate of drug-likeness (QED) is 0.686. The molecule has 2 heteroatoms. The third-order valence-corrected chi connectivity index (χ3v) is 2.64. The summed E-state index contributed by atoms with van der Waals surface area (Å²) in [5, 5.41) is 13.1. The van der Waals surface area contributed by atoms with E-state index in [9.17, 15) is 0 Å². The highest BCUT2D eigenvalue weighted by molar-refractivity contribution is 7.08. The minimum absolute atomic E-state index is 0.118. The smallest absolute Gasteiger partial charge is 0.0560 e. The fourth-order valence-electron chi connectivity index (χ4n) is 0.863. The van der Waals surface area contributed by atoms with Crippen LogP contribution in [0.3, 0.4) is 0 Å². The van der Waals surface area contributed by atoms with E-state index in [1.54, 1.807) is 17.4 Å². The van der Waals surface area contributed by atoms with E-state index in [0.29, 0.717) is 0 Å². The zero-order chi connectivity index (χ0) is 8.32. The van der Waals surface area contributed by atoms with Crippen LogP contribution >= 0.6 is 11.3 Å². The van der Waals surface area contributed by atoms with E-state index in [1.807, 2.05) is 23.8 Å². The molecule has 1 aromatic heterocycles. The lowest BCUT2D eigenvalue weighted by molar-refractivity contribution is 0.236. The van der Waals surface area contributed by atoms with Crippen LogP contribution in [0.1, 0.15) is 12.5 Å². The molecule has 0 spiro atoms. The molecule has 0 fully saturated rings. The monoisotopic (exact) mass is 168 g/mol. The molecule has 1 rings (SSSR count). The highest BCUT2D eigenvalue weighted by atomic mass is 32.1. The Morgan fingerprint density at radius 2 is 2.55 bits per heavy atom. The number of thiophene rings is 1. The lowest BCUT2D eigenvalue weighted by Gasteiger charge is -2.21. The van der Waals surface area contributed by atoms with Crippen LogP contribution in [0.25, 0.3) is 0 Å². The zero-order valence-corrected chi connectivity index (χ0v) is 7.40. The molecule has 0 saturated heterocycles. The van der Waals surface area contributed by atoms with Crippen LogP contribution in [0, 0.1) is 0 Å². The van der Waals surface area contributed by atoms with Crippen molar-refractivity contribution in [2.24, 2.45) is 0 Å². The first-order valence-electron chi connectivity index (χ1n) is 3.50. The predicted octanol–water partition coefficient (Wildman–Crippen LogP) is 2.18. The summed E-state index contributed by atoms with van der Waals surface area (Å²) in [6.45, 7) is 5.80. The Balaban J connectivity index is 2.96. The number of hydrogen-bond donors (Lipinski definition) is 1. The first-order valence-corrected chi connectivity index (χ1v) is 4.44. The van der Waals surface area contributed by atoms with Crippen molar-refractivity contribution in [3.8, 4) is 0 Å². The summed E-state index contributed by atoms with van der Waals surface area (Å²) in [5.41, 5.74) is 0.875. The maximum absolute atomic E-state index is 9.09. The van der Waals surface area contributed by atoms with Crippen LogP contribution in [0.5, 0.6) is 0 Å². The minimum atomic E-state index is -0.264. The normalized spacial score (nSPS) is 15.8. The molecule has 60 valence electrons. The second kappa shape index (κ2) is 3.20. The summed E-state index contributed by atoms with van der Waals surface area (Å²) in [6.07, 6.45) is 1.79. The second-order valence-corrected chi connectivity index (χ2v) is 3.57. The third-order valence-electron chi connectivity index (χ3n) is 1.96. The molecule has 0 aromatic carbocycles. The lowest BCUT2D eigenvalue weighted by atomic mass is 9.86. The van der Waals surface area contributed by atoms with Gasteiger partial charge < -0.3 is 5.11 Å². The molecule has 1 nitrogen and oxygen atoms in total. The van der Waals surface area contributed by atoms with Crippen molar-refractivity contribution < 1.29 is 5.11 Å². The Bertz CT molecular complexity index is 228. The van der Waals surface area contributed by atoms with Gasteiger partial charge in [-0.2, -0.15) is 11.3 Å². The van der Waals surface area contributed by atoms with Crippen molar-refractivity contribution in [2.75, 3.05) is 6.61 Å². The van der Waals surface area contributed by atoms with Crippen LogP contribution in [-0.2, 0) is 5.41 Å². The molecule has 1 heterocycles. The summed E-state index contributed by atoms with van der Waals surface area (Å²) in [6, 6.07) is 2.02. The van der Waals surface area contributed by atoms with Gasteiger partial charge in [0.15, 0.2) is 0 Å². The molecule has 0 amide bonds. The molecule has 0 bridgehead atoms. The van der Waals surface area contributed by atoms with Crippen molar-refractivity contribution in [1.29, 1.82) is 0 Å². The molecule has 1 aromatic rings. The number of aliphatic hydroxyl groups excluding tert-OH is 1. The molecule has 0 aliphatic rings. The van der Waals surface area contributed by atoms with Gasteiger partial charge in [0.05, 0.1) is 6.61 Å². The van der Waals surface area contributed by atoms with Gasteiger partial charge in [-0.1, -0.05) is 6.08 Å². The number of aliphatic hydroxyl groups is 1. The SMILES string of the molecule is C=C[C@](C)(CO)c1ccsc1. The van der Waals surface area contributed by atoms with Crippen molar-refractivity contribution in [2.45, 2.75) is 12.3 Å². The first kappa shape index (κ1) is 8.50. The van der Waals surface area contributed by atoms with Crippen LogP contribution in [0.15, 0.2) is 29.5 Å². The molecule has 1 N–H and O–H groups in total. The van der Waals surface area contributed by atoms with Crippen LogP contribution in [0.4, 0.5) is 0 Å². The average molecular weight is 168 g/mol. The molecule has 0 aliphatic carbocycles. The summed E-state index contributed by atoms with van der Waals surface area (Å²) in [5.74, 6) is 0. The summed E-state index contributed by atoms with van der Waals surface area (Å²) < 4.78 is 0. The topological polar surface area (TPSA) is 20.2 Å². The van der Waals surface area contributed by atoms with Crippen molar-refractivity contribution >= 4 is 11.3 Å². The van der Waals surface area contributed by atoms with Gasteiger partial charge in [-0.05, 0) is 29.3 Å². The highest BCUT2D eigenvalue weighted by Gasteiger charge is 2.21. The van der Waals surface area contributed by atoms with E-state index in [2.05, 4.69) is 6.58 Å². The van der Waals surface area contributed by atoms with Crippen LogP contribution in [0.2, 0.25) is 0 Å². The third kappa shape index (κ3) is 1.52. The Hall–Kier alpha value is -0.600. The van der Waals surface area contributed by atoms with E-state index in [1.165, 1.54) is 0 Å². The lowest BCUT2D eigenvalue weighted by Crippen LogP contribution is -2.22. The molecule has 0 saturated carbocycles. The minimum Gasteiger partial charge on any atom is -0.395 e. The molecule has 0 radical (unpaired) electrons. The maximum atomic E-state index is 9.09. The van der Waals surface area contributed by atoms with Gasteiger partial charge in [-0.15, -0.1) is 6.58 Å². The molecule has 11 heavy (non-hydrogen) atoms. The predicted molar refractivity (Wildman–Crippen MR) is 49.0 cm³/mol. The molecule has 1 atom stereocenters. The fraction of sp³-hybridized carbons (Fsp3) is 0.333. The average Bonchev–Trinajstić information content (AvgIpc) is 2.55. The van der Waals surface area contributed by atoms with Gasteiger partial charge >= 0.3 is 0 Å². The van der Waals surface area contributed by atoms with Crippen molar-refractivity contribution in [3.05, 3.63) is 35.0 Å². The van der Waals surface area contributed by atoms with E-state index in [4.69, 9.17) is 5.11 Å². The van der Waals surface area contributed by atoms with Gasteiger partial charge in [0.1, 0.15) is 0 Å². The second-order valence-electron chi connectivity index (χ2n) is 2.79. The number of hydrogen-bond acceptors (Lipinski definition) is 2. The standard InChI is InChI=1S/C9H12OS/c1-3-9(2,7-10)8-4-5-11-6-8/h3-6,10H,1,7H2,2H3/t9-/m1/s1. The highest BCUT2D eigenvalue weighted by Crippen LogP contribution is 2.25. The van der Waals surface area contributed by atoms with Gasteiger partial charge in [0.25, 0.3) is 0 Å². The molecular weight excluding hydrogens is 156 g/mol. The van der Waals surface area contributed by atoms with Crippen LogP contribution < -0.4 is 0 Å². The Morgan fingerprint density at radius 1 is 1.82 bits per heavy atom. The summed E-state index contributed by atoms with van der Waals surface area (Å²) in [7, 11) is 0. The molecule has 0 unspecified atom stereocenters. The van der Waals surface area contributed by atoms with Gasteiger partial charge in [-0.3, -0.25) is 0 Å². The van der Waals surface area contributed by atoms with E-state index in [0.717, 1.165) is 5.56 Å². The van der Waals surface area contributed by atoms with Gasteiger partial charge in [-0.25, -0.2) is 0 Å². The molecular formula is C9H12OS. The fourth-order valence-corrected chi connectivity index (χ4v) is 1.66. The Labute approximate surface area is 71.0 Å². The summed E-state index contributed by atoms with van der Waals surface area (Å²) >= 11 is 1.64. The van der Waals surface area contributed by atoms with E-state index in [-0.39, 0.29) is 12.0 Å². The van der Waals surface area contributed by atoms with Crippen LogP contribution in [-0.4, -0.2) is 11.7 Å². The van der Waals surface area contributed by atoms with Crippen molar-refractivity contribution in [1.82, 2.24) is 0 Å². The first-order chi connectivity index (χ1) is 5.23. The van der Waals surface area contributed by atoms with Gasteiger partial charge in [0.2, 0.25) is 0 Å². The van der Waals surface area contributed by atoms with Gasteiger partial charge in [0, 0.05) is 5.41 Å². The van der Waals surface area contributed by atoms with Crippen molar-refractivity contribution in [3.63, 3.8) is 0 Å². The van der Waals surface area contributed by atoms with E-state index >= 15 is 0 Å².